The highest BCUT2D eigenvalue weighted by atomic mass is 16.2. The maximum atomic E-state index is 12.8. The molecule has 1 saturated heterocycles. The number of rotatable bonds is 4. The van der Waals surface area contributed by atoms with Crippen LogP contribution in [0.15, 0.2) is 24.3 Å². The molecule has 1 aliphatic rings. The quantitative estimate of drug-likeness (QED) is 0.807. The Bertz CT molecular complexity index is 615. The lowest BCUT2D eigenvalue weighted by Gasteiger charge is -2.34. The lowest BCUT2D eigenvalue weighted by atomic mass is 10.1. The minimum atomic E-state index is -0.779. The number of anilines is 1. The number of carbonyl (C=O) groups excluding carboxylic acids is 3. The molecule has 7 heteroatoms. The molecule has 0 bridgehead atoms. The van der Waals surface area contributed by atoms with E-state index in [4.69, 9.17) is 0 Å². The predicted octanol–water partition coefficient (Wildman–Crippen LogP) is -0.171. The molecule has 1 heterocycles. The van der Waals surface area contributed by atoms with Crippen LogP contribution in [0.3, 0.4) is 0 Å². The zero-order valence-corrected chi connectivity index (χ0v) is 13.6. The van der Waals surface area contributed by atoms with Gasteiger partial charge in [0.05, 0.1) is 6.42 Å². The van der Waals surface area contributed by atoms with Crippen LogP contribution in [-0.2, 0) is 9.59 Å². The SMILES string of the molecule is CNC(=O)C[C@@H]1C(=O)NCCN1C(=O)c1cccc(N(C)C)c1. The fourth-order valence-electron chi connectivity index (χ4n) is 2.52. The fourth-order valence-corrected chi connectivity index (χ4v) is 2.52. The van der Waals surface area contributed by atoms with E-state index in [1.807, 2.05) is 25.1 Å². The van der Waals surface area contributed by atoms with E-state index >= 15 is 0 Å². The van der Waals surface area contributed by atoms with Crippen LogP contribution in [0, 0.1) is 0 Å². The van der Waals surface area contributed by atoms with Gasteiger partial charge in [0, 0.05) is 45.5 Å². The Hall–Kier alpha value is -2.57. The van der Waals surface area contributed by atoms with Crippen molar-refractivity contribution in [2.24, 2.45) is 0 Å². The van der Waals surface area contributed by atoms with Crippen molar-refractivity contribution in [3.8, 4) is 0 Å². The normalized spacial score (nSPS) is 17.4. The van der Waals surface area contributed by atoms with Gasteiger partial charge in [-0.25, -0.2) is 0 Å². The summed E-state index contributed by atoms with van der Waals surface area (Å²) in [6.45, 7) is 0.778. The summed E-state index contributed by atoms with van der Waals surface area (Å²) in [5.74, 6) is -0.804. The summed E-state index contributed by atoms with van der Waals surface area (Å²) in [5.41, 5.74) is 1.41. The third-order valence-corrected chi connectivity index (χ3v) is 3.86. The number of benzene rings is 1. The first-order chi connectivity index (χ1) is 10.9. The summed E-state index contributed by atoms with van der Waals surface area (Å²) < 4.78 is 0. The minimum Gasteiger partial charge on any atom is -0.378 e. The van der Waals surface area contributed by atoms with Gasteiger partial charge >= 0.3 is 0 Å². The topological polar surface area (TPSA) is 81.8 Å². The Morgan fingerprint density at radius 3 is 2.78 bits per heavy atom. The van der Waals surface area contributed by atoms with E-state index in [0.29, 0.717) is 18.7 Å². The molecule has 0 aromatic heterocycles. The highest BCUT2D eigenvalue weighted by Crippen LogP contribution is 2.18. The van der Waals surface area contributed by atoms with Gasteiger partial charge < -0.3 is 20.4 Å². The van der Waals surface area contributed by atoms with Crippen LogP contribution in [-0.4, -0.2) is 62.9 Å². The largest absolute Gasteiger partial charge is 0.378 e. The maximum Gasteiger partial charge on any atom is 0.254 e. The van der Waals surface area contributed by atoms with Crippen LogP contribution in [0.1, 0.15) is 16.8 Å². The molecule has 1 atom stereocenters. The lowest BCUT2D eigenvalue weighted by molar-refractivity contribution is -0.132. The van der Waals surface area contributed by atoms with Gasteiger partial charge in [0.2, 0.25) is 11.8 Å². The number of carbonyl (C=O) groups is 3. The average molecular weight is 318 g/mol. The molecule has 2 rings (SSSR count). The van der Waals surface area contributed by atoms with E-state index in [1.54, 1.807) is 18.2 Å². The molecular weight excluding hydrogens is 296 g/mol. The Labute approximate surface area is 135 Å². The van der Waals surface area contributed by atoms with Gasteiger partial charge in [-0.3, -0.25) is 14.4 Å². The van der Waals surface area contributed by atoms with Gasteiger partial charge in [-0.2, -0.15) is 0 Å². The van der Waals surface area contributed by atoms with Gasteiger partial charge in [-0.1, -0.05) is 6.07 Å². The van der Waals surface area contributed by atoms with Gasteiger partial charge in [0.1, 0.15) is 6.04 Å². The third-order valence-electron chi connectivity index (χ3n) is 3.86. The van der Waals surface area contributed by atoms with Crippen molar-refractivity contribution < 1.29 is 14.4 Å². The number of nitrogens with zero attached hydrogens (tertiary/aromatic N) is 2. The zero-order chi connectivity index (χ0) is 17.0. The second-order valence-corrected chi connectivity index (χ2v) is 5.63. The van der Waals surface area contributed by atoms with Crippen molar-refractivity contribution in [3.05, 3.63) is 29.8 Å². The highest BCUT2D eigenvalue weighted by molar-refractivity contribution is 6.00. The van der Waals surface area contributed by atoms with E-state index in [2.05, 4.69) is 10.6 Å². The standard InChI is InChI=1S/C16H22N4O3/c1-17-14(21)10-13-15(22)18-7-8-20(13)16(23)11-5-4-6-12(9-11)19(2)3/h4-6,9,13H,7-8,10H2,1-3H3,(H,17,21)(H,18,22)/t13-/m1/s1. The highest BCUT2D eigenvalue weighted by Gasteiger charge is 2.34. The van der Waals surface area contributed by atoms with E-state index in [9.17, 15) is 14.4 Å². The summed E-state index contributed by atoms with van der Waals surface area (Å²) in [4.78, 5) is 39.9. The van der Waals surface area contributed by atoms with E-state index in [1.165, 1.54) is 11.9 Å². The molecule has 2 N–H and O–H groups in total. The van der Waals surface area contributed by atoms with Gasteiger partial charge in [0.15, 0.2) is 0 Å². The summed E-state index contributed by atoms with van der Waals surface area (Å²) in [6.07, 6.45) is -0.0402. The molecule has 23 heavy (non-hydrogen) atoms. The van der Waals surface area contributed by atoms with Crippen LogP contribution in [0.25, 0.3) is 0 Å². The molecule has 1 aliphatic heterocycles. The van der Waals surface area contributed by atoms with Crippen LogP contribution < -0.4 is 15.5 Å². The van der Waals surface area contributed by atoms with Crippen LogP contribution in [0.5, 0.6) is 0 Å². The first-order valence-electron chi connectivity index (χ1n) is 7.50. The number of amides is 3. The van der Waals surface area contributed by atoms with Crippen molar-refractivity contribution >= 4 is 23.4 Å². The van der Waals surface area contributed by atoms with Crippen molar-refractivity contribution in [1.29, 1.82) is 0 Å². The second kappa shape index (κ2) is 7.13. The Balaban J connectivity index is 2.25. The second-order valence-electron chi connectivity index (χ2n) is 5.63. The zero-order valence-electron chi connectivity index (χ0n) is 13.6. The molecule has 0 radical (unpaired) electrons. The number of nitrogens with one attached hydrogen (secondary N) is 2. The number of hydrogen-bond acceptors (Lipinski definition) is 4. The molecule has 1 fully saturated rings. The van der Waals surface area contributed by atoms with Gasteiger partial charge in [0.25, 0.3) is 5.91 Å². The lowest BCUT2D eigenvalue weighted by Crippen LogP contribution is -2.58. The molecular formula is C16H22N4O3. The number of piperazine rings is 1. The Morgan fingerprint density at radius 1 is 1.39 bits per heavy atom. The summed E-state index contributed by atoms with van der Waals surface area (Å²) >= 11 is 0. The molecule has 1 aromatic carbocycles. The first-order valence-corrected chi connectivity index (χ1v) is 7.50. The molecule has 1 aromatic rings. The molecule has 124 valence electrons. The number of hydrogen-bond donors (Lipinski definition) is 2. The van der Waals surface area contributed by atoms with Gasteiger partial charge in [-0.15, -0.1) is 0 Å². The predicted molar refractivity (Wildman–Crippen MR) is 87.3 cm³/mol. The fraction of sp³-hybridized carbons (Fsp3) is 0.438. The Morgan fingerprint density at radius 2 is 2.13 bits per heavy atom. The first kappa shape index (κ1) is 16.8. The summed E-state index contributed by atoms with van der Waals surface area (Å²) in [7, 11) is 5.30. The molecule has 7 nitrogen and oxygen atoms in total. The van der Waals surface area contributed by atoms with Crippen LogP contribution in [0.2, 0.25) is 0 Å². The van der Waals surface area contributed by atoms with Crippen LogP contribution in [0.4, 0.5) is 5.69 Å². The summed E-state index contributed by atoms with van der Waals surface area (Å²) in [5, 5.41) is 5.20. The summed E-state index contributed by atoms with van der Waals surface area (Å²) in [6, 6.07) is 6.44. The molecule has 0 unspecified atom stereocenters. The maximum absolute atomic E-state index is 12.8. The Kier molecular flexibility index (Phi) is 5.20. The third kappa shape index (κ3) is 3.80. The monoisotopic (exact) mass is 318 g/mol. The molecule has 3 amide bonds. The molecule has 0 spiro atoms. The van der Waals surface area contributed by atoms with Crippen molar-refractivity contribution in [1.82, 2.24) is 15.5 Å². The van der Waals surface area contributed by atoms with E-state index in [0.717, 1.165) is 5.69 Å². The average Bonchev–Trinajstić information content (AvgIpc) is 2.56. The minimum absolute atomic E-state index is 0.0402. The smallest absolute Gasteiger partial charge is 0.254 e. The van der Waals surface area contributed by atoms with Crippen molar-refractivity contribution in [2.75, 3.05) is 39.1 Å². The molecule has 0 saturated carbocycles. The van der Waals surface area contributed by atoms with E-state index in [-0.39, 0.29) is 24.1 Å². The van der Waals surface area contributed by atoms with Crippen molar-refractivity contribution in [2.45, 2.75) is 12.5 Å². The van der Waals surface area contributed by atoms with Crippen molar-refractivity contribution in [3.63, 3.8) is 0 Å². The molecule has 0 aliphatic carbocycles. The van der Waals surface area contributed by atoms with Crippen LogP contribution >= 0.6 is 0 Å². The van der Waals surface area contributed by atoms with E-state index < -0.39 is 6.04 Å². The van der Waals surface area contributed by atoms with Gasteiger partial charge in [-0.05, 0) is 18.2 Å².